The van der Waals surface area contributed by atoms with E-state index in [-0.39, 0.29) is 24.4 Å². The number of hydrogen-bond donors (Lipinski definition) is 3. The minimum Gasteiger partial charge on any atom is -0.370 e. The van der Waals surface area contributed by atoms with E-state index in [0.717, 1.165) is 38.4 Å². The van der Waals surface area contributed by atoms with Crippen molar-refractivity contribution in [1.29, 1.82) is 0 Å². The van der Waals surface area contributed by atoms with Gasteiger partial charge < -0.3 is 20.3 Å². The van der Waals surface area contributed by atoms with Crippen molar-refractivity contribution >= 4 is 23.4 Å². The van der Waals surface area contributed by atoms with Crippen molar-refractivity contribution in [3.05, 3.63) is 70.2 Å². The summed E-state index contributed by atoms with van der Waals surface area (Å²) in [5.41, 5.74) is 2.58. The minimum absolute atomic E-state index is 0.106. The monoisotopic (exact) mass is 416 g/mol. The maximum Gasteiger partial charge on any atom is 0.253 e. The molecule has 1 heterocycles. The fourth-order valence-corrected chi connectivity index (χ4v) is 3.57. The lowest BCUT2D eigenvalue weighted by atomic mass is 10.0. The predicted molar refractivity (Wildman–Crippen MR) is 112 cm³/mol. The summed E-state index contributed by atoms with van der Waals surface area (Å²) < 4.78 is 5.43. The van der Waals surface area contributed by atoms with Gasteiger partial charge >= 0.3 is 0 Å². The molecule has 1 fully saturated rings. The number of benzene rings is 2. The Labute approximate surface area is 176 Å². The number of amides is 2. The van der Waals surface area contributed by atoms with Crippen LogP contribution in [0.2, 0.25) is 5.02 Å². The highest BCUT2D eigenvalue weighted by Crippen LogP contribution is 2.15. The van der Waals surface area contributed by atoms with Crippen molar-refractivity contribution in [1.82, 2.24) is 10.6 Å². The second kappa shape index (κ2) is 10.4. The number of nitrogens with one attached hydrogen (secondary N) is 3. The van der Waals surface area contributed by atoms with Gasteiger partial charge in [-0.15, -0.1) is 0 Å². The summed E-state index contributed by atoms with van der Waals surface area (Å²) in [7, 11) is 0. The Kier molecular flexibility index (Phi) is 7.63. The third-order valence-corrected chi connectivity index (χ3v) is 5.37. The Bertz CT molecular complexity index is 835. The maximum atomic E-state index is 12.6. The van der Waals surface area contributed by atoms with Crippen LogP contribution in [0.15, 0.2) is 48.5 Å². The van der Waals surface area contributed by atoms with Crippen LogP contribution in [0.1, 0.15) is 27.5 Å². The van der Waals surface area contributed by atoms with E-state index in [9.17, 15) is 9.59 Å². The Morgan fingerprint density at radius 1 is 1.10 bits per heavy atom. The van der Waals surface area contributed by atoms with Crippen LogP contribution in [0.3, 0.4) is 0 Å². The average Bonchev–Trinajstić information content (AvgIpc) is 2.73. The zero-order chi connectivity index (χ0) is 20.6. The average molecular weight is 417 g/mol. The van der Waals surface area contributed by atoms with Crippen molar-refractivity contribution in [3.8, 4) is 0 Å². The van der Waals surface area contributed by atoms with E-state index in [0.29, 0.717) is 10.6 Å². The second-order valence-corrected chi connectivity index (χ2v) is 7.67. The fraction of sp³-hybridized carbons (Fsp3) is 0.364. The first-order chi connectivity index (χ1) is 14.0. The SMILES string of the molecule is Cc1ccc([C@@H](C[NH+]2CCOCC2)NC(=O)CNC(=O)c2ccccc2Cl)cc1. The first-order valence-corrected chi connectivity index (χ1v) is 10.2. The molecule has 6 nitrogen and oxygen atoms in total. The van der Waals surface area contributed by atoms with Crippen molar-refractivity contribution in [2.24, 2.45) is 0 Å². The molecule has 0 radical (unpaired) electrons. The largest absolute Gasteiger partial charge is 0.370 e. The zero-order valence-corrected chi connectivity index (χ0v) is 17.3. The van der Waals surface area contributed by atoms with Crippen molar-refractivity contribution in [2.75, 3.05) is 39.4 Å². The molecule has 1 aliphatic heterocycles. The third kappa shape index (κ3) is 6.29. The summed E-state index contributed by atoms with van der Waals surface area (Å²) in [6, 6.07) is 14.8. The summed E-state index contributed by atoms with van der Waals surface area (Å²) in [6.07, 6.45) is 0. The van der Waals surface area contributed by atoms with E-state index in [1.54, 1.807) is 24.3 Å². The van der Waals surface area contributed by atoms with E-state index in [4.69, 9.17) is 16.3 Å². The van der Waals surface area contributed by atoms with Gasteiger partial charge in [0.15, 0.2) is 0 Å². The minimum atomic E-state index is -0.364. The molecular weight excluding hydrogens is 390 g/mol. The molecule has 0 saturated carbocycles. The molecule has 2 amide bonds. The quantitative estimate of drug-likeness (QED) is 0.634. The smallest absolute Gasteiger partial charge is 0.253 e. The molecule has 154 valence electrons. The zero-order valence-electron chi connectivity index (χ0n) is 16.5. The van der Waals surface area contributed by atoms with Gasteiger partial charge in [-0.05, 0) is 24.6 Å². The van der Waals surface area contributed by atoms with Gasteiger partial charge in [0, 0.05) is 0 Å². The van der Waals surface area contributed by atoms with Crippen molar-refractivity contribution in [2.45, 2.75) is 13.0 Å². The summed E-state index contributed by atoms with van der Waals surface area (Å²) in [5, 5.41) is 6.08. The first kappa shape index (κ1) is 21.3. The number of morpholine rings is 1. The molecule has 2 aromatic carbocycles. The van der Waals surface area contributed by atoms with Gasteiger partial charge in [-0.2, -0.15) is 0 Å². The Morgan fingerprint density at radius 2 is 1.79 bits per heavy atom. The third-order valence-electron chi connectivity index (χ3n) is 5.04. The number of ether oxygens (including phenoxy) is 1. The molecule has 1 atom stereocenters. The Balaban J connectivity index is 1.61. The molecule has 2 aromatic rings. The van der Waals surface area contributed by atoms with Crippen LogP contribution >= 0.6 is 11.6 Å². The molecule has 7 heteroatoms. The molecule has 0 aliphatic carbocycles. The highest BCUT2D eigenvalue weighted by molar-refractivity contribution is 6.33. The molecule has 0 aromatic heterocycles. The van der Waals surface area contributed by atoms with Crippen LogP contribution in [0.25, 0.3) is 0 Å². The van der Waals surface area contributed by atoms with Crippen LogP contribution in [0.4, 0.5) is 0 Å². The lowest BCUT2D eigenvalue weighted by molar-refractivity contribution is -0.909. The number of quaternary nitrogens is 1. The summed E-state index contributed by atoms with van der Waals surface area (Å²) in [6.45, 7) is 6.01. The normalized spacial score (nSPS) is 15.5. The summed E-state index contributed by atoms with van der Waals surface area (Å²) in [4.78, 5) is 26.2. The Morgan fingerprint density at radius 3 is 2.48 bits per heavy atom. The van der Waals surface area contributed by atoms with Gasteiger partial charge in [0.2, 0.25) is 5.91 Å². The van der Waals surface area contributed by atoms with Crippen molar-refractivity contribution in [3.63, 3.8) is 0 Å². The van der Waals surface area contributed by atoms with E-state index in [2.05, 4.69) is 10.6 Å². The molecule has 0 spiro atoms. The van der Waals surface area contributed by atoms with Crippen LogP contribution in [0.5, 0.6) is 0 Å². The predicted octanol–water partition coefficient (Wildman–Crippen LogP) is 1.15. The highest BCUT2D eigenvalue weighted by Gasteiger charge is 2.23. The molecule has 0 bridgehead atoms. The number of carbonyl (C=O) groups excluding carboxylic acids is 2. The molecule has 3 N–H and O–H groups in total. The number of halogens is 1. The van der Waals surface area contributed by atoms with Crippen molar-refractivity contribution < 1.29 is 19.2 Å². The summed E-state index contributed by atoms with van der Waals surface area (Å²) >= 11 is 6.05. The van der Waals surface area contributed by atoms with E-state index < -0.39 is 0 Å². The lowest BCUT2D eigenvalue weighted by Crippen LogP contribution is -3.14. The molecule has 1 saturated heterocycles. The van der Waals surface area contributed by atoms with Gasteiger partial charge in [0.25, 0.3) is 5.91 Å². The molecule has 0 unspecified atom stereocenters. The van der Waals surface area contributed by atoms with Crippen LogP contribution < -0.4 is 15.5 Å². The summed E-state index contributed by atoms with van der Waals surface area (Å²) in [5.74, 6) is -0.597. The van der Waals surface area contributed by atoms with Gasteiger partial charge in [0.05, 0.1) is 30.3 Å². The molecule has 3 rings (SSSR count). The molecule has 29 heavy (non-hydrogen) atoms. The van der Waals surface area contributed by atoms with Gasteiger partial charge in [-0.25, -0.2) is 0 Å². The molecule has 1 aliphatic rings. The highest BCUT2D eigenvalue weighted by atomic mass is 35.5. The first-order valence-electron chi connectivity index (χ1n) is 9.83. The fourth-order valence-electron chi connectivity index (χ4n) is 3.35. The van der Waals surface area contributed by atoms with Gasteiger partial charge in [-0.3, -0.25) is 9.59 Å². The maximum absolute atomic E-state index is 12.6. The van der Waals surface area contributed by atoms with Crippen LogP contribution in [-0.4, -0.2) is 51.2 Å². The number of carbonyl (C=O) groups is 2. The second-order valence-electron chi connectivity index (χ2n) is 7.26. The van der Waals surface area contributed by atoms with Gasteiger partial charge in [-0.1, -0.05) is 53.6 Å². The standard InChI is InChI=1S/C22H26ClN3O3/c1-16-6-8-17(9-7-16)20(15-26-10-12-29-13-11-26)25-21(27)14-24-22(28)18-4-2-3-5-19(18)23/h2-9,20H,10-15H2,1H3,(H,24,28)(H,25,27)/p+1/t20-/m1/s1. The topological polar surface area (TPSA) is 71.9 Å². The van der Waals surface area contributed by atoms with Crippen LogP contribution in [0, 0.1) is 6.92 Å². The van der Waals surface area contributed by atoms with Gasteiger partial charge in [0.1, 0.15) is 25.7 Å². The number of hydrogen-bond acceptors (Lipinski definition) is 3. The van der Waals surface area contributed by atoms with Crippen LogP contribution in [-0.2, 0) is 9.53 Å². The Hall–Kier alpha value is -2.41. The van der Waals surface area contributed by atoms with E-state index >= 15 is 0 Å². The number of rotatable bonds is 7. The van der Waals surface area contributed by atoms with E-state index in [1.165, 1.54) is 10.5 Å². The lowest BCUT2D eigenvalue weighted by Gasteiger charge is -2.28. The molecular formula is C22H27ClN3O3+. The van der Waals surface area contributed by atoms with E-state index in [1.807, 2.05) is 31.2 Å². The number of aryl methyl sites for hydroxylation is 1.